The Morgan fingerprint density at radius 2 is 2.18 bits per heavy atom. The van der Waals surface area contributed by atoms with E-state index in [2.05, 4.69) is 33.5 Å². The van der Waals surface area contributed by atoms with E-state index in [1.807, 2.05) is 36.0 Å². The molecule has 0 bridgehead atoms. The molecule has 0 radical (unpaired) electrons. The van der Waals surface area contributed by atoms with Gasteiger partial charge in [-0.1, -0.05) is 15.9 Å². The summed E-state index contributed by atoms with van der Waals surface area (Å²) >= 11 is 3.46. The molecule has 0 fully saturated rings. The van der Waals surface area contributed by atoms with Crippen LogP contribution in [0.3, 0.4) is 0 Å². The summed E-state index contributed by atoms with van der Waals surface area (Å²) in [6.45, 7) is 0.785. The predicted molar refractivity (Wildman–Crippen MR) is 73.4 cm³/mol. The summed E-state index contributed by atoms with van der Waals surface area (Å²) in [5.74, 6) is 0.851. The molecule has 1 heterocycles. The highest BCUT2D eigenvalue weighted by atomic mass is 79.9. The van der Waals surface area contributed by atoms with Crippen molar-refractivity contribution in [2.24, 2.45) is 7.05 Å². The Balaban J connectivity index is 2.10. The number of aryl methyl sites for hydroxylation is 1. The molecule has 0 unspecified atom stereocenters. The lowest BCUT2D eigenvalue weighted by molar-refractivity contribution is 0.416. The van der Waals surface area contributed by atoms with Crippen molar-refractivity contribution in [3.8, 4) is 5.75 Å². The second kappa shape index (κ2) is 5.27. The van der Waals surface area contributed by atoms with Gasteiger partial charge in [-0.2, -0.15) is 0 Å². The molecule has 0 amide bonds. The number of rotatable bonds is 4. The van der Waals surface area contributed by atoms with Gasteiger partial charge < -0.3 is 14.6 Å². The lowest BCUT2D eigenvalue weighted by Gasteiger charge is -2.10. The monoisotopic (exact) mass is 294 g/mol. The number of anilines is 1. The van der Waals surface area contributed by atoms with Crippen LogP contribution in [-0.2, 0) is 13.6 Å². The SMILES string of the molecule is COc1ccc(Br)cc1NCc1ccn(C)c1. The van der Waals surface area contributed by atoms with Crippen LogP contribution in [0, 0.1) is 0 Å². The Hall–Kier alpha value is -1.42. The van der Waals surface area contributed by atoms with Gasteiger partial charge >= 0.3 is 0 Å². The molecule has 0 spiro atoms. The first-order valence-electron chi connectivity index (χ1n) is 5.37. The van der Waals surface area contributed by atoms with Crippen molar-refractivity contribution in [3.05, 3.63) is 46.7 Å². The lowest BCUT2D eigenvalue weighted by atomic mass is 10.2. The highest BCUT2D eigenvalue weighted by molar-refractivity contribution is 9.10. The van der Waals surface area contributed by atoms with E-state index in [9.17, 15) is 0 Å². The summed E-state index contributed by atoms with van der Waals surface area (Å²) in [4.78, 5) is 0. The highest BCUT2D eigenvalue weighted by Gasteiger charge is 2.03. The smallest absolute Gasteiger partial charge is 0.142 e. The van der Waals surface area contributed by atoms with E-state index < -0.39 is 0 Å². The Morgan fingerprint density at radius 1 is 1.35 bits per heavy atom. The van der Waals surface area contributed by atoms with Gasteiger partial charge in [0.15, 0.2) is 0 Å². The number of nitrogens with zero attached hydrogens (tertiary/aromatic N) is 1. The number of halogens is 1. The van der Waals surface area contributed by atoms with Crippen molar-refractivity contribution in [2.45, 2.75) is 6.54 Å². The van der Waals surface area contributed by atoms with E-state index in [4.69, 9.17) is 4.74 Å². The fourth-order valence-electron chi connectivity index (χ4n) is 1.68. The predicted octanol–water partition coefficient (Wildman–Crippen LogP) is 3.41. The van der Waals surface area contributed by atoms with Crippen molar-refractivity contribution >= 4 is 21.6 Å². The molecule has 2 rings (SSSR count). The Labute approximate surface area is 110 Å². The molecule has 1 N–H and O–H groups in total. The molecule has 17 heavy (non-hydrogen) atoms. The minimum atomic E-state index is 0.785. The van der Waals surface area contributed by atoms with E-state index in [1.165, 1.54) is 5.56 Å². The summed E-state index contributed by atoms with van der Waals surface area (Å²) in [6.07, 6.45) is 4.13. The van der Waals surface area contributed by atoms with Crippen LogP contribution in [0.2, 0.25) is 0 Å². The van der Waals surface area contributed by atoms with Crippen molar-refractivity contribution in [2.75, 3.05) is 12.4 Å². The summed E-state index contributed by atoms with van der Waals surface area (Å²) in [6, 6.07) is 8.02. The fourth-order valence-corrected chi connectivity index (χ4v) is 2.04. The van der Waals surface area contributed by atoms with Crippen LogP contribution in [0.25, 0.3) is 0 Å². The first-order chi connectivity index (χ1) is 8.19. The molecule has 0 aliphatic heterocycles. The number of benzene rings is 1. The number of hydrogen-bond donors (Lipinski definition) is 1. The molecule has 2 aromatic rings. The fraction of sp³-hybridized carbons (Fsp3) is 0.231. The maximum absolute atomic E-state index is 5.31. The van der Waals surface area contributed by atoms with Crippen LogP contribution in [0.15, 0.2) is 41.1 Å². The second-order valence-corrected chi connectivity index (χ2v) is 4.80. The van der Waals surface area contributed by atoms with Crippen molar-refractivity contribution in [1.29, 1.82) is 0 Å². The van der Waals surface area contributed by atoms with Gasteiger partial charge in [-0.05, 0) is 29.8 Å². The van der Waals surface area contributed by atoms with E-state index in [0.29, 0.717) is 0 Å². The van der Waals surface area contributed by atoms with Gasteiger partial charge in [-0.15, -0.1) is 0 Å². The first kappa shape index (κ1) is 12.0. The standard InChI is InChI=1S/C13H15BrN2O/c1-16-6-5-10(9-16)8-15-12-7-11(14)3-4-13(12)17-2/h3-7,9,15H,8H2,1-2H3. The Bertz CT molecular complexity index is 508. The zero-order valence-electron chi connectivity index (χ0n) is 9.90. The second-order valence-electron chi connectivity index (χ2n) is 3.88. The average molecular weight is 295 g/mol. The van der Waals surface area contributed by atoms with E-state index in [1.54, 1.807) is 7.11 Å². The van der Waals surface area contributed by atoms with Gasteiger partial charge in [0.05, 0.1) is 12.8 Å². The average Bonchev–Trinajstić information content (AvgIpc) is 2.73. The summed E-state index contributed by atoms with van der Waals surface area (Å²) in [5, 5.41) is 3.37. The number of aromatic nitrogens is 1. The molecule has 90 valence electrons. The zero-order chi connectivity index (χ0) is 12.3. The normalized spacial score (nSPS) is 10.3. The third kappa shape index (κ3) is 3.03. The molecule has 0 aliphatic carbocycles. The molecular weight excluding hydrogens is 280 g/mol. The van der Waals surface area contributed by atoms with Gasteiger partial charge in [-0.25, -0.2) is 0 Å². The molecular formula is C13H15BrN2O. The minimum Gasteiger partial charge on any atom is -0.495 e. The largest absolute Gasteiger partial charge is 0.495 e. The van der Waals surface area contributed by atoms with Crippen LogP contribution >= 0.6 is 15.9 Å². The van der Waals surface area contributed by atoms with Crippen LogP contribution < -0.4 is 10.1 Å². The number of methoxy groups -OCH3 is 1. The Morgan fingerprint density at radius 3 is 2.82 bits per heavy atom. The van der Waals surface area contributed by atoms with E-state index in [-0.39, 0.29) is 0 Å². The minimum absolute atomic E-state index is 0.785. The summed E-state index contributed by atoms with van der Waals surface area (Å²) in [5.41, 5.74) is 2.24. The van der Waals surface area contributed by atoms with Gasteiger partial charge in [-0.3, -0.25) is 0 Å². The molecule has 1 aromatic heterocycles. The van der Waals surface area contributed by atoms with Gasteiger partial charge in [0.2, 0.25) is 0 Å². The highest BCUT2D eigenvalue weighted by Crippen LogP contribution is 2.28. The maximum atomic E-state index is 5.31. The number of ether oxygens (including phenoxy) is 1. The van der Waals surface area contributed by atoms with Crippen LogP contribution in [-0.4, -0.2) is 11.7 Å². The number of hydrogen-bond acceptors (Lipinski definition) is 2. The van der Waals surface area contributed by atoms with E-state index >= 15 is 0 Å². The summed E-state index contributed by atoms with van der Waals surface area (Å²) < 4.78 is 8.38. The topological polar surface area (TPSA) is 26.2 Å². The molecule has 1 aromatic carbocycles. The van der Waals surface area contributed by atoms with Gasteiger partial charge in [0, 0.05) is 30.5 Å². The van der Waals surface area contributed by atoms with Crippen LogP contribution in [0.1, 0.15) is 5.56 Å². The molecule has 4 heteroatoms. The van der Waals surface area contributed by atoms with E-state index in [0.717, 1.165) is 22.5 Å². The third-order valence-corrected chi connectivity index (χ3v) is 3.03. The quantitative estimate of drug-likeness (QED) is 0.935. The molecule has 0 atom stereocenters. The van der Waals surface area contributed by atoms with Crippen molar-refractivity contribution in [3.63, 3.8) is 0 Å². The molecule has 0 aliphatic rings. The lowest BCUT2D eigenvalue weighted by Crippen LogP contribution is -2.00. The zero-order valence-corrected chi connectivity index (χ0v) is 11.5. The van der Waals surface area contributed by atoms with Crippen molar-refractivity contribution < 1.29 is 4.74 Å². The maximum Gasteiger partial charge on any atom is 0.142 e. The summed E-state index contributed by atoms with van der Waals surface area (Å²) in [7, 11) is 3.69. The van der Waals surface area contributed by atoms with Crippen LogP contribution in [0.4, 0.5) is 5.69 Å². The number of nitrogens with one attached hydrogen (secondary N) is 1. The molecule has 3 nitrogen and oxygen atoms in total. The van der Waals surface area contributed by atoms with Gasteiger partial charge in [0.1, 0.15) is 5.75 Å². The molecule has 0 saturated heterocycles. The van der Waals surface area contributed by atoms with Crippen molar-refractivity contribution in [1.82, 2.24) is 4.57 Å². The van der Waals surface area contributed by atoms with Gasteiger partial charge in [0.25, 0.3) is 0 Å². The third-order valence-electron chi connectivity index (χ3n) is 2.54. The van der Waals surface area contributed by atoms with Crippen LogP contribution in [0.5, 0.6) is 5.75 Å². The first-order valence-corrected chi connectivity index (χ1v) is 6.16. The Kier molecular flexibility index (Phi) is 3.74. The molecule has 0 saturated carbocycles.